The molecule has 4 aromatic rings. The number of pyridine rings is 1. The molecule has 4 rings (SSSR count). The van der Waals surface area contributed by atoms with Crippen molar-refractivity contribution in [2.45, 2.75) is 26.2 Å². The molecule has 28 heavy (non-hydrogen) atoms. The standard InChI is InChI=1S/C21H20N6O/c1-2-3-6-20(28)23-17-9-7-15(8-10-17)18-11-12-19-24-25-21(27(19)26-18)16-5-4-13-22-14-16/h4-5,7-14H,2-3,6H2,1H3,(H,23,28). The first kappa shape index (κ1) is 17.8. The van der Waals surface area contributed by atoms with Gasteiger partial charge >= 0.3 is 0 Å². The van der Waals surface area contributed by atoms with Gasteiger partial charge in [0, 0.05) is 35.6 Å². The van der Waals surface area contributed by atoms with Crippen LogP contribution in [0.2, 0.25) is 0 Å². The Morgan fingerprint density at radius 1 is 1.04 bits per heavy atom. The van der Waals surface area contributed by atoms with Crippen LogP contribution in [0.4, 0.5) is 5.69 Å². The monoisotopic (exact) mass is 372 g/mol. The fourth-order valence-corrected chi connectivity index (χ4v) is 2.90. The van der Waals surface area contributed by atoms with Crippen LogP contribution in [-0.4, -0.2) is 30.7 Å². The van der Waals surface area contributed by atoms with Gasteiger partial charge in [-0.15, -0.1) is 10.2 Å². The van der Waals surface area contributed by atoms with Crippen LogP contribution in [0.5, 0.6) is 0 Å². The van der Waals surface area contributed by atoms with E-state index in [-0.39, 0.29) is 5.91 Å². The fraction of sp³-hybridized carbons (Fsp3) is 0.190. The molecule has 0 radical (unpaired) electrons. The highest BCUT2D eigenvalue weighted by Crippen LogP contribution is 2.22. The minimum absolute atomic E-state index is 0.0414. The minimum Gasteiger partial charge on any atom is -0.326 e. The first-order chi connectivity index (χ1) is 13.7. The summed E-state index contributed by atoms with van der Waals surface area (Å²) in [7, 11) is 0. The SMILES string of the molecule is CCCCC(=O)Nc1ccc(-c2ccc3nnc(-c4cccnc4)n3n2)cc1. The number of aromatic nitrogens is 5. The van der Waals surface area contributed by atoms with Gasteiger partial charge in [0.15, 0.2) is 11.5 Å². The van der Waals surface area contributed by atoms with Gasteiger partial charge in [-0.3, -0.25) is 9.78 Å². The number of rotatable bonds is 6. The molecule has 0 bridgehead atoms. The van der Waals surface area contributed by atoms with Gasteiger partial charge in [-0.25, -0.2) is 0 Å². The highest BCUT2D eigenvalue weighted by Gasteiger charge is 2.11. The Balaban J connectivity index is 1.60. The number of anilines is 1. The molecule has 0 saturated carbocycles. The third-order valence-electron chi connectivity index (χ3n) is 4.40. The van der Waals surface area contributed by atoms with Crippen LogP contribution < -0.4 is 5.32 Å². The van der Waals surface area contributed by atoms with Crippen LogP contribution in [0, 0.1) is 0 Å². The summed E-state index contributed by atoms with van der Waals surface area (Å²) >= 11 is 0. The molecule has 1 aromatic carbocycles. The van der Waals surface area contributed by atoms with E-state index in [0.29, 0.717) is 17.9 Å². The molecule has 0 aliphatic heterocycles. The van der Waals surface area contributed by atoms with Gasteiger partial charge in [-0.05, 0) is 42.8 Å². The molecule has 7 heteroatoms. The molecule has 0 aliphatic rings. The van der Waals surface area contributed by atoms with Crippen molar-refractivity contribution in [2.24, 2.45) is 0 Å². The Labute approximate surface area is 162 Å². The number of unbranched alkanes of at least 4 members (excludes halogenated alkanes) is 1. The molecule has 3 aromatic heterocycles. The van der Waals surface area contributed by atoms with Crippen LogP contribution in [0.1, 0.15) is 26.2 Å². The Morgan fingerprint density at radius 2 is 1.89 bits per heavy atom. The van der Waals surface area contributed by atoms with Crippen molar-refractivity contribution in [3.63, 3.8) is 0 Å². The van der Waals surface area contributed by atoms with Gasteiger partial charge in [0.2, 0.25) is 5.91 Å². The first-order valence-corrected chi connectivity index (χ1v) is 9.28. The van der Waals surface area contributed by atoms with Crippen LogP contribution in [-0.2, 0) is 4.79 Å². The van der Waals surface area contributed by atoms with Gasteiger partial charge < -0.3 is 5.32 Å². The Morgan fingerprint density at radius 3 is 2.64 bits per heavy atom. The molecular formula is C21H20N6O. The van der Waals surface area contributed by atoms with E-state index in [1.807, 2.05) is 48.5 Å². The van der Waals surface area contributed by atoms with E-state index < -0.39 is 0 Å². The summed E-state index contributed by atoms with van der Waals surface area (Å²) in [5.74, 6) is 0.685. The second-order valence-corrected chi connectivity index (χ2v) is 6.48. The molecule has 1 N–H and O–H groups in total. The normalized spacial score (nSPS) is 10.9. The van der Waals surface area contributed by atoms with Crippen LogP contribution in [0.3, 0.4) is 0 Å². The van der Waals surface area contributed by atoms with Gasteiger partial charge in [0.25, 0.3) is 0 Å². The summed E-state index contributed by atoms with van der Waals surface area (Å²) in [6.45, 7) is 2.07. The third-order valence-corrected chi connectivity index (χ3v) is 4.40. The van der Waals surface area contributed by atoms with Gasteiger partial charge in [0.05, 0.1) is 5.69 Å². The van der Waals surface area contributed by atoms with E-state index >= 15 is 0 Å². The molecule has 0 unspecified atom stereocenters. The summed E-state index contributed by atoms with van der Waals surface area (Å²) in [6.07, 6.45) is 5.90. The quantitative estimate of drug-likeness (QED) is 0.553. The lowest BCUT2D eigenvalue weighted by molar-refractivity contribution is -0.116. The zero-order valence-corrected chi connectivity index (χ0v) is 15.5. The van der Waals surface area contributed by atoms with Crippen molar-refractivity contribution in [1.29, 1.82) is 0 Å². The zero-order chi connectivity index (χ0) is 19.3. The minimum atomic E-state index is 0.0414. The van der Waals surface area contributed by atoms with Crippen molar-refractivity contribution in [3.05, 3.63) is 60.9 Å². The van der Waals surface area contributed by atoms with E-state index in [9.17, 15) is 4.79 Å². The molecule has 7 nitrogen and oxygen atoms in total. The third kappa shape index (κ3) is 3.73. The smallest absolute Gasteiger partial charge is 0.224 e. The van der Waals surface area contributed by atoms with E-state index in [0.717, 1.165) is 35.3 Å². The molecule has 0 atom stereocenters. The molecule has 0 saturated heterocycles. The molecule has 1 amide bonds. The summed E-state index contributed by atoms with van der Waals surface area (Å²) < 4.78 is 1.72. The maximum absolute atomic E-state index is 11.9. The van der Waals surface area contributed by atoms with Crippen molar-refractivity contribution >= 4 is 17.2 Å². The van der Waals surface area contributed by atoms with Crippen molar-refractivity contribution < 1.29 is 4.79 Å². The van der Waals surface area contributed by atoms with E-state index in [2.05, 4.69) is 32.5 Å². The average molecular weight is 372 g/mol. The highest BCUT2D eigenvalue weighted by atomic mass is 16.1. The predicted molar refractivity (Wildman–Crippen MR) is 108 cm³/mol. The van der Waals surface area contributed by atoms with E-state index in [1.165, 1.54) is 0 Å². The Bertz CT molecular complexity index is 1090. The summed E-state index contributed by atoms with van der Waals surface area (Å²) in [5.41, 5.74) is 4.04. The van der Waals surface area contributed by atoms with Crippen LogP contribution in [0.25, 0.3) is 28.3 Å². The average Bonchev–Trinajstić information content (AvgIpc) is 3.17. The summed E-state index contributed by atoms with van der Waals surface area (Å²) in [4.78, 5) is 16.0. The number of nitrogens with zero attached hydrogens (tertiary/aromatic N) is 5. The van der Waals surface area contributed by atoms with E-state index in [4.69, 9.17) is 0 Å². The topological polar surface area (TPSA) is 85.1 Å². The summed E-state index contributed by atoms with van der Waals surface area (Å²) in [5, 5.41) is 16.0. The number of carbonyl (C=O) groups is 1. The molecule has 0 aliphatic carbocycles. The largest absolute Gasteiger partial charge is 0.326 e. The van der Waals surface area contributed by atoms with E-state index in [1.54, 1.807) is 16.9 Å². The first-order valence-electron chi connectivity index (χ1n) is 9.28. The molecule has 3 heterocycles. The van der Waals surface area contributed by atoms with Gasteiger partial charge in [-0.2, -0.15) is 9.61 Å². The van der Waals surface area contributed by atoms with Crippen molar-refractivity contribution in [1.82, 2.24) is 24.8 Å². The van der Waals surface area contributed by atoms with Crippen LogP contribution >= 0.6 is 0 Å². The lowest BCUT2D eigenvalue weighted by Crippen LogP contribution is -2.10. The molecule has 140 valence electrons. The number of hydrogen-bond donors (Lipinski definition) is 1. The number of benzene rings is 1. The maximum Gasteiger partial charge on any atom is 0.224 e. The highest BCUT2D eigenvalue weighted by molar-refractivity contribution is 5.90. The number of hydrogen-bond acceptors (Lipinski definition) is 5. The Kier molecular flexibility index (Phi) is 5.05. The Hall–Kier alpha value is -3.61. The molecular weight excluding hydrogens is 352 g/mol. The second kappa shape index (κ2) is 7.96. The van der Waals surface area contributed by atoms with Crippen molar-refractivity contribution in [2.75, 3.05) is 5.32 Å². The molecule has 0 fully saturated rings. The number of amides is 1. The molecule has 0 spiro atoms. The lowest BCUT2D eigenvalue weighted by atomic mass is 10.1. The second-order valence-electron chi connectivity index (χ2n) is 6.48. The zero-order valence-electron chi connectivity index (χ0n) is 15.5. The van der Waals surface area contributed by atoms with Crippen molar-refractivity contribution in [3.8, 4) is 22.6 Å². The summed E-state index contributed by atoms with van der Waals surface area (Å²) in [6, 6.07) is 15.2. The predicted octanol–water partition coefficient (Wildman–Crippen LogP) is 3.98. The fourth-order valence-electron chi connectivity index (χ4n) is 2.90. The number of fused-ring (bicyclic) bond motifs is 1. The maximum atomic E-state index is 11.9. The lowest BCUT2D eigenvalue weighted by Gasteiger charge is -2.07. The van der Waals surface area contributed by atoms with Gasteiger partial charge in [0.1, 0.15) is 0 Å². The van der Waals surface area contributed by atoms with Gasteiger partial charge in [-0.1, -0.05) is 25.5 Å². The van der Waals surface area contributed by atoms with Crippen LogP contribution in [0.15, 0.2) is 60.9 Å². The number of nitrogens with one attached hydrogen (secondary N) is 1. The number of carbonyl (C=O) groups excluding carboxylic acids is 1.